The number of rotatable bonds is 3. The van der Waals surface area contributed by atoms with Crippen LogP contribution in [0.2, 0.25) is 0 Å². The van der Waals surface area contributed by atoms with Crippen LogP contribution in [0.1, 0.15) is 60.4 Å². The molecular formula is C16H22N2O3. The Morgan fingerprint density at radius 2 is 1.90 bits per heavy atom. The summed E-state index contributed by atoms with van der Waals surface area (Å²) in [4.78, 5) is 28.8. The number of carbonyl (C=O) groups is 2. The quantitative estimate of drug-likeness (QED) is 0.929. The summed E-state index contributed by atoms with van der Waals surface area (Å²) < 4.78 is 0. The van der Waals surface area contributed by atoms with Gasteiger partial charge in [-0.25, -0.2) is 9.78 Å². The molecule has 1 aliphatic rings. The molecule has 1 N–H and O–H groups in total. The van der Waals surface area contributed by atoms with E-state index in [9.17, 15) is 9.59 Å². The molecule has 0 unspecified atom stereocenters. The summed E-state index contributed by atoms with van der Waals surface area (Å²) in [5, 5.41) is 8.82. The number of amides is 1. The maximum Gasteiger partial charge on any atom is 0.354 e. The number of aromatic nitrogens is 1. The standard InChI is InChI=1S/C16H22N2O3/c1-16(2)8-6-12(7-9-16)18(3)14(19)11-4-5-13(15(20)21)17-10-11/h4-5,10,12H,6-9H2,1-3H3,(H,20,21). The SMILES string of the molecule is CN(C(=O)c1ccc(C(=O)O)nc1)C1CCC(C)(C)CC1. The molecule has 114 valence electrons. The van der Waals surface area contributed by atoms with Gasteiger partial charge in [0.15, 0.2) is 0 Å². The number of carbonyl (C=O) groups excluding carboxylic acids is 1. The molecule has 0 atom stereocenters. The second-order valence-corrected chi connectivity index (χ2v) is 6.55. The minimum Gasteiger partial charge on any atom is -0.477 e. The molecule has 1 aromatic rings. The number of nitrogens with zero attached hydrogens (tertiary/aromatic N) is 2. The van der Waals surface area contributed by atoms with Crippen LogP contribution in [0.3, 0.4) is 0 Å². The van der Waals surface area contributed by atoms with Crippen LogP contribution >= 0.6 is 0 Å². The Hall–Kier alpha value is -1.91. The van der Waals surface area contributed by atoms with Crippen molar-refractivity contribution in [3.8, 4) is 0 Å². The van der Waals surface area contributed by atoms with E-state index in [1.54, 1.807) is 4.90 Å². The van der Waals surface area contributed by atoms with Crippen molar-refractivity contribution in [3.05, 3.63) is 29.6 Å². The molecular weight excluding hydrogens is 268 g/mol. The van der Waals surface area contributed by atoms with Crippen molar-refractivity contribution >= 4 is 11.9 Å². The zero-order valence-corrected chi connectivity index (χ0v) is 12.8. The third kappa shape index (κ3) is 3.60. The van der Waals surface area contributed by atoms with Gasteiger partial charge in [-0.1, -0.05) is 13.8 Å². The van der Waals surface area contributed by atoms with Crippen LogP contribution in [-0.4, -0.2) is 40.0 Å². The van der Waals surface area contributed by atoms with Gasteiger partial charge in [0.05, 0.1) is 5.56 Å². The summed E-state index contributed by atoms with van der Waals surface area (Å²) in [5.41, 5.74) is 0.756. The fourth-order valence-corrected chi connectivity index (χ4v) is 2.79. The smallest absolute Gasteiger partial charge is 0.354 e. The van der Waals surface area contributed by atoms with E-state index in [-0.39, 0.29) is 17.6 Å². The third-order valence-corrected chi connectivity index (χ3v) is 4.41. The molecule has 0 bridgehead atoms. The van der Waals surface area contributed by atoms with Gasteiger partial charge in [0.1, 0.15) is 5.69 Å². The van der Waals surface area contributed by atoms with Crippen LogP contribution in [0.25, 0.3) is 0 Å². The first-order chi connectivity index (χ1) is 9.80. The lowest BCUT2D eigenvalue weighted by molar-refractivity contribution is 0.0631. The molecule has 1 saturated carbocycles. The maximum absolute atomic E-state index is 12.4. The summed E-state index contributed by atoms with van der Waals surface area (Å²) in [6, 6.07) is 3.15. The van der Waals surface area contributed by atoms with Gasteiger partial charge in [0, 0.05) is 19.3 Å². The summed E-state index contributed by atoms with van der Waals surface area (Å²) in [6.45, 7) is 4.53. The molecule has 21 heavy (non-hydrogen) atoms. The monoisotopic (exact) mass is 290 g/mol. The molecule has 0 aromatic carbocycles. The molecule has 1 aromatic heterocycles. The van der Waals surface area contributed by atoms with E-state index < -0.39 is 5.97 Å². The Morgan fingerprint density at radius 3 is 2.38 bits per heavy atom. The highest BCUT2D eigenvalue weighted by Crippen LogP contribution is 2.36. The van der Waals surface area contributed by atoms with Gasteiger partial charge < -0.3 is 10.0 Å². The van der Waals surface area contributed by atoms with E-state index in [0.717, 1.165) is 25.7 Å². The van der Waals surface area contributed by atoms with Gasteiger partial charge in [-0.2, -0.15) is 0 Å². The van der Waals surface area contributed by atoms with Crippen LogP contribution in [0.15, 0.2) is 18.3 Å². The van der Waals surface area contributed by atoms with Crippen LogP contribution < -0.4 is 0 Å². The van der Waals surface area contributed by atoms with Gasteiger partial charge in [0.2, 0.25) is 0 Å². The van der Waals surface area contributed by atoms with E-state index in [2.05, 4.69) is 18.8 Å². The molecule has 0 radical (unpaired) electrons. The highest BCUT2D eigenvalue weighted by atomic mass is 16.4. The van der Waals surface area contributed by atoms with Crippen LogP contribution in [-0.2, 0) is 0 Å². The van der Waals surface area contributed by atoms with Crippen molar-refractivity contribution < 1.29 is 14.7 Å². The zero-order valence-electron chi connectivity index (χ0n) is 12.8. The zero-order chi connectivity index (χ0) is 15.6. The number of aromatic carboxylic acids is 1. The lowest BCUT2D eigenvalue weighted by Crippen LogP contribution is -2.40. The van der Waals surface area contributed by atoms with E-state index >= 15 is 0 Å². The van der Waals surface area contributed by atoms with Gasteiger partial charge >= 0.3 is 5.97 Å². The van der Waals surface area contributed by atoms with Gasteiger partial charge in [-0.15, -0.1) is 0 Å². The van der Waals surface area contributed by atoms with E-state index in [4.69, 9.17) is 5.11 Å². The average Bonchev–Trinajstić information content (AvgIpc) is 2.46. The summed E-state index contributed by atoms with van der Waals surface area (Å²) in [7, 11) is 1.82. The number of carboxylic acid groups (broad SMARTS) is 1. The van der Waals surface area contributed by atoms with Crippen molar-refractivity contribution in [2.75, 3.05) is 7.05 Å². The van der Waals surface area contributed by atoms with Crippen molar-refractivity contribution in [1.29, 1.82) is 0 Å². The predicted molar refractivity (Wildman–Crippen MR) is 79.3 cm³/mol. The maximum atomic E-state index is 12.4. The normalized spacial score (nSPS) is 18.2. The van der Waals surface area contributed by atoms with Gasteiger partial charge in [-0.3, -0.25) is 4.79 Å². The molecule has 0 spiro atoms. The van der Waals surface area contributed by atoms with Crippen molar-refractivity contribution in [2.24, 2.45) is 5.41 Å². The molecule has 2 rings (SSSR count). The molecule has 0 aliphatic heterocycles. The molecule has 5 nitrogen and oxygen atoms in total. The van der Waals surface area contributed by atoms with Crippen LogP contribution in [0.4, 0.5) is 0 Å². The number of hydrogen-bond acceptors (Lipinski definition) is 3. The summed E-state index contributed by atoms with van der Waals surface area (Å²) in [5.74, 6) is -1.18. The minimum absolute atomic E-state index is 0.0476. The van der Waals surface area contributed by atoms with E-state index in [1.165, 1.54) is 18.3 Å². The average molecular weight is 290 g/mol. The van der Waals surface area contributed by atoms with E-state index in [1.807, 2.05) is 7.05 Å². The number of pyridine rings is 1. The lowest BCUT2D eigenvalue weighted by atomic mass is 9.75. The lowest BCUT2D eigenvalue weighted by Gasteiger charge is -2.38. The second-order valence-electron chi connectivity index (χ2n) is 6.55. The van der Waals surface area contributed by atoms with Crippen molar-refractivity contribution in [1.82, 2.24) is 9.88 Å². The first-order valence-electron chi connectivity index (χ1n) is 7.27. The molecule has 1 aliphatic carbocycles. The molecule has 5 heteroatoms. The summed E-state index contributed by atoms with van der Waals surface area (Å²) >= 11 is 0. The Morgan fingerprint density at radius 1 is 1.29 bits per heavy atom. The largest absolute Gasteiger partial charge is 0.477 e. The van der Waals surface area contributed by atoms with E-state index in [0.29, 0.717) is 11.0 Å². The Bertz CT molecular complexity index is 527. The van der Waals surface area contributed by atoms with Gasteiger partial charge in [-0.05, 0) is 43.2 Å². The number of carboxylic acids is 1. The molecule has 1 heterocycles. The molecule has 0 saturated heterocycles. The van der Waals surface area contributed by atoms with Crippen LogP contribution in [0.5, 0.6) is 0 Å². The minimum atomic E-state index is -1.09. The van der Waals surface area contributed by atoms with Crippen molar-refractivity contribution in [3.63, 3.8) is 0 Å². The first kappa shape index (κ1) is 15.5. The highest BCUT2D eigenvalue weighted by molar-refractivity contribution is 5.94. The molecule has 1 amide bonds. The Kier molecular flexibility index (Phi) is 4.30. The van der Waals surface area contributed by atoms with Crippen molar-refractivity contribution in [2.45, 2.75) is 45.6 Å². The number of hydrogen-bond donors (Lipinski definition) is 1. The predicted octanol–water partition coefficient (Wildman–Crippen LogP) is 2.82. The second kappa shape index (κ2) is 5.84. The highest BCUT2D eigenvalue weighted by Gasteiger charge is 2.30. The third-order valence-electron chi connectivity index (χ3n) is 4.41. The Labute approximate surface area is 125 Å². The fourth-order valence-electron chi connectivity index (χ4n) is 2.79. The topological polar surface area (TPSA) is 70.5 Å². The summed E-state index contributed by atoms with van der Waals surface area (Å²) in [6.07, 6.45) is 5.60. The molecule has 1 fully saturated rings. The fraction of sp³-hybridized carbons (Fsp3) is 0.562. The van der Waals surface area contributed by atoms with Crippen LogP contribution in [0, 0.1) is 5.41 Å². The van der Waals surface area contributed by atoms with Gasteiger partial charge in [0.25, 0.3) is 5.91 Å². The first-order valence-corrected chi connectivity index (χ1v) is 7.27. The Balaban J connectivity index is 2.04.